The van der Waals surface area contributed by atoms with Gasteiger partial charge >= 0.3 is 0 Å². The molecule has 0 heterocycles. The first-order chi connectivity index (χ1) is 7.06. The molecule has 0 aromatic rings. The minimum absolute atomic E-state index is 0.388. The van der Waals surface area contributed by atoms with Gasteiger partial charge in [-0.15, -0.1) is 0 Å². The molecule has 0 N–H and O–H groups in total. The predicted molar refractivity (Wildman–Crippen MR) is 99.1 cm³/mol. The first-order valence-corrected chi connectivity index (χ1v) is 10.3. The Kier molecular flexibility index (Phi) is 9.64. The zero-order valence-electron chi connectivity index (χ0n) is 8.55. The lowest BCUT2D eigenvalue weighted by atomic mass is 10.0. The van der Waals surface area contributed by atoms with Gasteiger partial charge in [0.15, 0.2) is 4.29 Å². The Morgan fingerprint density at radius 1 is 0.812 bits per heavy atom. The second-order valence-corrected chi connectivity index (χ2v) is 18.2. The van der Waals surface area contributed by atoms with Gasteiger partial charge in [0.25, 0.3) is 0 Å². The van der Waals surface area contributed by atoms with Crippen molar-refractivity contribution in [2.75, 3.05) is 0 Å². The van der Waals surface area contributed by atoms with Gasteiger partial charge in [0, 0.05) is 0 Å². The second kappa shape index (κ2) is 7.96. The molecule has 0 saturated carbocycles. The first-order valence-electron chi connectivity index (χ1n) is 4.73. The van der Waals surface area contributed by atoms with E-state index in [2.05, 4.69) is 125 Å². The summed E-state index contributed by atoms with van der Waals surface area (Å²) in [5.74, 6) is 0. The molecule has 1 radical (unpaired) electrons. The van der Waals surface area contributed by atoms with E-state index in [1.54, 1.807) is 0 Å². The van der Waals surface area contributed by atoms with Crippen LogP contribution in [0.4, 0.5) is 0 Å². The van der Waals surface area contributed by atoms with Crippen molar-refractivity contribution < 1.29 is 0 Å². The number of rotatable bonds is 5. The molecule has 16 heavy (non-hydrogen) atoms. The largest absolute Gasteiger partial charge is 0.153 e. The summed E-state index contributed by atoms with van der Waals surface area (Å²) in [6.07, 6.45) is 6.93. The van der Waals surface area contributed by atoms with Crippen LogP contribution in [0.25, 0.3) is 0 Å². The second-order valence-electron chi connectivity index (χ2n) is 3.41. The van der Waals surface area contributed by atoms with Crippen molar-refractivity contribution in [2.45, 2.75) is 41.2 Å². The Morgan fingerprint density at radius 2 is 1.25 bits per heavy atom. The molecule has 97 valence electrons. The standard InChI is InChI=1S/C9H12Br7/c1-2-3-4-5-6-7(10,8(11,12)13)9(14,15)16/h6H,2-5H2,1H3. The van der Waals surface area contributed by atoms with Gasteiger partial charge in [0.2, 0.25) is 0 Å². The highest BCUT2D eigenvalue weighted by molar-refractivity contribution is 9.42. The van der Waals surface area contributed by atoms with Crippen molar-refractivity contribution in [3.05, 3.63) is 6.42 Å². The summed E-state index contributed by atoms with van der Waals surface area (Å²) in [7, 11) is 0. The van der Waals surface area contributed by atoms with Crippen LogP contribution in [0.15, 0.2) is 0 Å². The molecule has 0 aliphatic carbocycles. The molecule has 0 saturated heterocycles. The number of hydrogen-bond acceptors (Lipinski definition) is 0. The monoisotopic (exact) mass is 673 g/mol. The molecule has 0 aromatic heterocycles. The smallest absolute Gasteiger partial charge is 0.0781 e. The topological polar surface area (TPSA) is 0 Å². The van der Waals surface area contributed by atoms with E-state index in [9.17, 15) is 0 Å². The van der Waals surface area contributed by atoms with Gasteiger partial charge in [-0.1, -0.05) is 138 Å². The van der Waals surface area contributed by atoms with Gasteiger partial charge in [0.1, 0.15) is 0 Å². The van der Waals surface area contributed by atoms with Crippen molar-refractivity contribution in [1.82, 2.24) is 0 Å². The lowest BCUT2D eigenvalue weighted by Crippen LogP contribution is -2.46. The fourth-order valence-electron chi connectivity index (χ4n) is 1.09. The third kappa shape index (κ3) is 5.78. The van der Waals surface area contributed by atoms with E-state index in [-0.39, 0.29) is 4.32 Å². The molecule has 0 aliphatic heterocycles. The molecule has 0 bridgehead atoms. The SMILES string of the molecule is CCCCC[CH]C(Br)(C(Br)(Br)Br)C(Br)(Br)Br. The van der Waals surface area contributed by atoms with Crippen LogP contribution in [-0.2, 0) is 0 Å². The average Bonchev–Trinajstić information content (AvgIpc) is 2.08. The summed E-state index contributed by atoms with van der Waals surface area (Å²) >= 11 is 25.2. The molecular weight excluding hydrogens is 667 g/mol. The summed E-state index contributed by atoms with van der Waals surface area (Å²) in [4.78, 5) is 0. The van der Waals surface area contributed by atoms with E-state index in [0.717, 1.165) is 6.42 Å². The summed E-state index contributed by atoms with van der Waals surface area (Å²) in [5, 5.41) is 0. The predicted octanol–water partition coefficient (Wildman–Crippen LogP) is 7.58. The number of halogens is 7. The summed E-state index contributed by atoms with van der Waals surface area (Å²) in [6, 6.07) is 0. The van der Waals surface area contributed by atoms with Crippen LogP contribution in [0, 0.1) is 6.42 Å². The van der Waals surface area contributed by atoms with Crippen molar-refractivity contribution in [2.24, 2.45) is 0 Å². The van der Waals surface area contributed by atoms with Gasteiger partial charge in [0.05, 0.1) is 4.32 Å². The maximum Gasteiger partial charge on any atom is 0.153 e. The minimum Gasteiger partial charge on any atom is -0.0781 e. The molecule has 0 unspecified atom stereocenters. The Morgan fingerprint density at radius 3 is 1.56 bits per heavy atom. The van der Waals surface area contributed by atoms with Crippen molar-refractivity contribution in [1.29, 1.82) is 0 Å². The van der Waals surface area contributed by atoms with Crippen LogP contribution in [0.3, 0.4) is 0 Å². The average molecular weight is 680 g/mol. The molecule has 0 fully saturated rings. The zero-order valence-corrected chi connectivity index (χ0v) is 19.7. The highest BCUT2D eigenvalue weighted by Gasteiger charge is 2.56. The highest BCUT2D eigenvalue weighted by Crippen LogP contribution is 2.63. The van der Waals surface area contributed by atoms with E-state index in [1.807, 2.05) is 0 Å². The van der Waals surface area contributed by atoms with E-state index < -0.39 is 4.29 Å². The summed E-state index contributed by atoms with van der Waals surface area (Å²) in [6.45, 7) is 2.20. The third-order valence-electron chi connectivity index (χ3n) is 2.06. The Hall–Kier alpha value is 3.36. The van der Waals surface area contributed by atoms with Crippen LogP contribution in [0.5, 0.6) is 0 Å². The lowest BCUT2D eigenvalue weighted by molar-refractivity contribution is 0.657. The van der Waals surface area contributed by atoms with Crippen molar-refractivity contribution >= 4 is 112 Å². The molecule has 0 nitrogen and oxygen atoms in total. The molecule has 0 amide bonds. The van der Waals surface area contributed by atoms with Crippen molar-refractivity contribution in [3.8, 4) is 0 Å². The van der Waals surface area contributed by atoms with Crippen LogP contribution < -0.4 is 0 Å². The summed E-state index contributed by atoms with van der Waals surface area (Å²) < 4.78 is -1.30. The summed E-state index contributed by atoms with van der Waals surface area (Å²) in [5.41, 5.74) is 0. The molecular formula is C9H12Br7. The fraction of sp³-hybridized carbons (Fsp3) is 0.889. The molecule has 0 rings (SSSR count). The third-order valence-corrected chi connectivity index (χ3v) is 10.5. The maximum absolute atomic E-state index is 3.74. The quantitative estimate of drug-likeness (QED) is 0.208. The van der Waals surface area contributed by atoms with E-state index in [0.29, 0.717) is 0 Å². The number of hydrogen-bond donors (Lipinski definition) is 0. The van der Waals surface area contributed by atoms with E-state index in [1.165, 1.54) is 19.3 Å². The van der Waals surface area contributed by atoms with Crippen LogP contribution in [0.2, 0.25) is 0 Å². The Balaban J connectivity index is 4.59. The van der Waals surface area contributed by atoms with Gasteiger partial charge in [-0.2, -0.15) is 0 Å². The molecule has 0 aromatic carbocycles. The van der Waals surface area contributed by atoms with E-state index in [4.69, 9.17) is 0 Å². The van der Waals surface area contributed by atoms with Gasteiger partial charge in [-0.05, 0) is 12.8 Å². The molecule has 7 heteroatoms. The first kappa shape index (κ1) is 19.4. The molecule has 0 atom stereocenters. The van der Waals surface area contributed by atoms with E-state index >= 15 is 0 Å². The lowest BCUT2D eigenvalue weighted by Gasteiger charge is -2.41. The molecule has 0 spiro atoms. The zero-order chi connectivity index (χ0) is 13.0. The molecule has 0 aliphatic rings. The minimum atomic E-state index is -0.456. The van der Waals surface area contributed by atoms with Crippen molar-refractivity contribution in [3.63, 3.8) is 0 Å². The van der Waals surface area contributed by atoms with Crippen LogP contribution in [0.1, 0.15) is 32.6 Å². The Labute approximate surface area is 157 Å². The normalized spacial score (nSPS) is 14.2. The van der Waals surface area contributed by atoms with Gasteiger partial charge < -0.3 is 0 Å². The Bertz CT molecular complexity index is 189. The maximum atomic E-state index is 3.74. The van der Waals surface area contributed by atoms with Crippen LogP contribution >= 0.6 is 112 Å². The van der Waals surface area contributed by atoms with Crippen LogP contribution in [-0.4, -0.2) is 8.61 Å². The van der Waals surface area contributed by atoms with Gasteiger partial charge in [-0.25, -0.2) is 0 Å². The number of unbranched alkanes of at least 4 members (excludes halogenated alkanes) is 3. The number of alkyl halides is 7. The fourth-order valence-corrected chi connectivity index (χ4v) is 6.47. The van der Waals surface area contributed by atoms with Gasteiger partial charge in [-0.3, -0.25) is 0 Å². The highest BCUT2D eigenvalue weighted by atomic mass is 80.0.